The maximum absolute atomic E-state index is 13.0. The highest BCUT2D eigenvalue weighted by Gasteiger charge is 2.16. The third kappa shape index (κ3) is 5.98. The van der Waals surface area contributed by atoms with Gasteiger partial charge in [0.05, 0.1) is 13.0 Å². The average Bonchev–Trinajstić information content (AvgIpc) is 2.34. The maximum atomic E-state index is 13.0. The summed E-state index contributed by atoms with van der Waals surface area (Å²) in [5.41, 5.74) is 5.01. The number of benzene rings is 1. The number of nitrogens with two attached hydrogens (primary N) is 1. The molecule has 0 aliphatic carbocycles. The van der Waals surface area contributed by atoms with E-state index in [1.54, 1.807) is 0 Å². The second-order valence-electron chi connectivity index (χ2n) is 4.43. The van der Waals surface area contributed by atoms with Gasteiger partial charge in [-0.2, -0.15) is 0 Å². The Kier molecular flexibility index (Phi) is 5.77. The van der Waals surface area contributed by atoms with Crippen LogP contribution in [0, 0.1) is 11.6 Å². The van der Waals surface area contributed by atoms with Crippen LogP contribution in [0.3, 0.4) is 0 Å². The highest BCUT2D eigenvalue weighted by Crippen LogP contribution is 2.08. The molecule has 114 valence electrons. The fourth-order valence-corrected chi connectivity index (χ4v) is 1.58. The van der Waals surface area contributed by atoms with Crippen molar-refractivity contribution in [1.29, 1.82) is 0 Å². The van der Waals surface area contributed by atoms with Crippen molar-refractivity contribution in [3.8, 4) is 0 Å². The molecule has 0 spiro atoms. The molecule has 0 radical (unpaired) electrons. The Balaban J connectivity index is 2.52. The molecule has 21 heavy (non-hydrogen) atoms. The SMILES string of the molecule is C[C@H](NC(=O)Cc1cc(F)cc(F)c1)C(=O)NCC(N)=O. The molecule has 1 atom stereocenters. The highest BCUT2D eigenvalue weighted by atomic mass is 19.1. The zero-order valence-electron chi connectivity index (χ0n) is 11.3. The Bertz CT molecular complexity index is 543. The molecular formula is C13H15F2N3O3. The van der Waals surface area contributed by atoms with Gasteiger partial charge < -0.3 is 16.4 Å². The molecule has 0 fully saturated rings. The summed E-state index contributed by atoms with van der Waals surface area (Å²) >= 11 is 0. The van der Waals surface area contributed by atoms with Crippen molar-refractivity contribution in [1.82, 2.24) is 10.6 Å². The molecule has 4 N–H and O–H groups in total. The lowest BCUT2D eigenvalue weighted by Gasteiger charge is -2.13. The normalized spacial score (nSPS) is 11.6. The van der Waals surface area contributed by atoms with Crippen LogP contribution in [0.2, 0.25) is 0 Å². The average molecular weight is 299 g/mol. The molecule has 0 aliphatic rings. The summed E-state index contributed by atoms with van der Waals surface area (Å²) in [5.74, 6) is -3.46. The number of hydrogen-bond acceptors (Lipinski definition) is 3. The number of carbonyl (C=O) groups is 3. The van der Waals surface area contributed by atoms with E-state index in [2.05, 4.69) is 10.6 Å². The van der Waals surface area contributed by atoms with Gasteiger partial charge in [0.1, 0.15) is 17.7 Å². The quantitative estimate of drug-likeness (QED) is 0.667. The molecule has 0 unspecified atom stereocenters. The van der Waals surface area contributed by atoms with Crippen molar-refractivity contribution < 1.29 is 23.2 Å². The van der Waals surface area contributed by atoms with E-state index in [0.717, 1.165) is 12.1 Å². The first kappa shape index (κ1) is 16.5. The highest BCUT2D eigenvalue weighted by molar-refractivity contribution is 5.90. The molecule has 3 amide bonds. The predicted molar refractivity (Wildman–Crippen MR) is 69.9 cm³/mol. The van der Waals surface area contributed by atoms with Gasteiger partial charge in [0.25, 0.3) is 0 Å². The van der Waals surface area contributed by atoms with Gasteiger partial charge in [-0.1, -0.05) is 0 Å². The van der Waals surface area contributed by atoms with Crippen LogP contribution < -0.4 is 16.4 Å². The van der Waals surface area contributed by atoms with E-state index in [-0.39, 0.29) is 18.5 Å². The van der Waals surface area contributed by atoms with Crippen molar-refractivity contribution in [3.63, 3.8) is 0 Å². The van der Waals surface area contributed by atoms with Crippen molar-refractivity contribution in [2.24, 2.45) is 5.73 Å². The lowest BCUT2D eigenvalue weighted by Crippen LogP contribution is -2.47. The number of nitrogens with one attached hydrogen (secondary N) is 2. The van der Waals surface area contributed by atoms with Crippen molar-refractivity contribution in [2.75, 3.05) is 6.54 Å². The number of rotatable bonds is 6. The molecule has 0 aliphatic heterocycles. The van der Waals surface area contributed by atoms with Gasteiger partial charge in [-0.3, -0.25) is 14.4 Å². The topological polar surface area (TPSA) is 101 Å². The number of primary amides is 1. The summed E-state index contributed by atoms with van der Waals surface area (Å²) < 4.78 is 25.9. The number of amides is 3. The van der Waals surface area contributed by atoms with Crippen LogP contribution in [0.4, 0.5) is 8.78 Å². The number of hydrogen-bond donors (Lipinski definition) is 3. The molecule has 0 heterocycles. The van der Waals surface area contributed by atoms with E-state index in [0.29, 0.717) is 6.07 Å². The van der Waals surface area contributed by atoms with Gasteiger partial charge in [0.15, 0.2) is 0 Å². The minimum atomic E-state index is -0.907. The Morgan fingerprint density at radius 1 is 1.19 bits per heavy atom. The van der Waals surface area contributed by atoms with E-state index in [4.69, 9.17) is 5.73 Å². The fourth-order valence-electron chi connectivity index (χ4n) is 1.58. The first-order valence-corrected chi connectivity index (χ1v) is 6.08. The van der Waals surface area contributed by atoms with Crippen molar-refractivity contribution in [2.45, 2.75) is 19.4 Å². The third-order valence-corrected chi connectivity index (χ3v) is 2.49. The van der Waals surface area contributed by atoms with Crippen LogP contribution in [-0.4, -0.2) is 30.3 Å². The molecule has 0 saturated heterocycles. The first-order chi connectivity index (χ1) is 9.77. The third-order valence-electron chi connectivity index (χ3n) is 2.49. The van der Waals surface area contributed by atoms with Crippen LogP contribution in [-0.2, 0) is 20.8 Å². The van der Waals surface area contributed by atoms with Crippen LogP contribution in [0.25, 0.3) is 0 Å². The number of halogens is 2. The Morgan fingerprint density at radius 3 is 2.29 bits per heavy atom. The molecule has 6 nitrogen and oxygen atoms in total. The summed E-state index contributed by atoms with van der Waals surface area (Å²) in [4.78, 5) is 33.7. The Hall–Kier alpha value is -2.51. The molecule has 0 saturated carbocycles. The Labute approximate surface area is 119 Å². The second-order valence-corrected chi connectivity index (χ2v) is 4.43. The van der Waals surface area contributed by atoms with Crippen molar-refractivity contribution in [3.05, 3.63) is 35.4 Å². The molecule has 0 aromatic heterocycles. The summed E-state index contributed by atoms with van der Waals surface area (Å²) in [5, 5.41) is 4.56. The smallest absolute Gasteiger partial charge is 0.242 e. The molecule has 1 aromatic carbocycles. The van der Waals surface area contributed by atoms with Crippen LogP contribution in [0.5, 0.6) is 0 Å². The van der Waals surface area contributed by atoms with E-state index in [1.807, 2.05) is 0 Å². The summed E-state index contributed by atoms with van der Waals surface area (Å²) in [7, 11) is 0. The first-order valence-electron chi connectivity index (χ1n) is 6.08. The van der Waals surface area contributed by atoms with Gasteiger partial charge in [0.2, 0.25) is 17.7 Å². The molecule has 0 bridgehead atoms. The minimum Gasteiger partial charge on any atom is -0.368 e. The van der Waals surface area contributed by atoms with Crippen LogP contribution in [0.1, 0.15) is 12.5 Å². The van der Waals surface area contributed by atoms with Gasteiger partial charge >= 0.3 is 0 Å². The fraction of sp³-hybridized carbons (Fsp3) is 0.308. The largest absolute Gasteiger partial charge is 0.368 e. The maximum Gasteiger partial charge on any atom is 0.242 e. The monoisotopic (exact) mass is 299 g/mol. The lowest BCUT2D eigenvalue weighted by atomic mass is 10.1. The second kappa shape index (κ2) is 7.32. The summed E-state index contributed by atoms with van der Waals surface area (Å²) in [6.45, 7) is 1.06. The van der Waals surface area contributed by atoms with E-state index in [1.165, 1.54) is 6.92 Å². The van der Waals surface area contributed by atoms with Gasteiger partial charge in [-0.15, -0.1) is 0 Å². The van der Waals surface area contributed by atoms with Crippen LogP contribution >= 0.6 is 0 Å². The van der Waals surface area contributed by atoms with E-state index < -0.39 is 35.4 Å². The predicted octanol–water partition coefficient (Wildman–Crippen LogP) is -0.386. The zero-order valence-corrected chi connectivity index (χ0v) is 11.3. The van der Waals surface area contributed by atoms with E-state index >= 15 is 0 Å². The molecule has 1 aromatic rings. The molecule has 8 heteroatoms. The standard InChI is InChI=1S/C13H15F2N3O3/c1-7(13(21)17-6-11(16)19)18-12(20)4-8-2-9(14)5-10(15)3-8/h2-3,5,7H,4,6H2,1H3,(H2,16,19)(H,17,21)(H,18,20)/t7-/m0/s1. The minimum absolute atomic E-state index is 0.148. The lowest BCUT2D eigenvalue weighted by molar-refractivity contribution is -0.129. The molecule has 1 rings (SSSR count). The summed E-state index contributed by atoms with van der Waals surface area (Å²) in [6, 6.07) is 1.85. The Morgan fingerprint density at radius 2 is 1.76 bits per heavy atom. The van der Waals surface area contributed by atoms with Crippen LogP contribution in [0.15, 0.2) is 18.2 Å². The van der Waals surface area contributed by atoms with Crippen molar-refractivity contribution >= 4 is 17.7 Å². The van der Waals surface area contributed by atoms with E-state index in [9.17, 15) is 23.2 Å². The summed E-state index contributed by atoms with van der Waals surface area (Å²) in [6.07, 6.45) is -0.276. The van der Waals surface area contributed by atoms with Gasteiger partial charge in [-0.05, 0) is 24.6 Å². The zero-order chi connectivity index (χ0) is 16.0. The number of carbonyl (C=O) groups excluding carboxylic acids is 3. The molecular weight excluding hydrogens is 284 g/mol. The van der Waals surface area contributed by atoms with Gasteiger partial charge in [0, 0.05) is 6.07 Å². The van der Waals surface area contributed by atoms with Gasteiger partial charge in [-0.25, -0.2) is 8.78 Å².